The Morgan fingerprint density at radius 2 is 1.86 bits per heavy atom. The van der Waals surface area contributed by atoms with E-state index in [0.29, 0.717) is 6.61 Å². The number of carboxylic acids is 1. The molecule has 1 fully saturated rings. The van der Waals surface area contributed by atoms with Crippen LogP contribution in [0.25, 0.3) is 0 Å². The molecule has 0 saturated carbocycles. The van der Waals surface area contributed by atoms with Crippen molar-refractivity contribution in [3.63, 3.8) is 0 Å². The molecule has 1 saturated heterocycles. The summed E-state index contributed by atoms with van der Waals surface area (Å²) in [6.07, 6.45) is 19.3. The third kappa shape index (κ3) is 8.41. The quantitative estimate of drug-likeness (QED) is 0.313. The molecule has 4 heteroatoms. The second-order valence-electron chi connectivity index (χ2n) is 7.33. The minimum Gasteiger partial charge on any atom is -0.478 e. The van der Waals surface area contributed by atoms with Gasteiger partial charge in [0, 0.05) is 0 Å². The maximum absolute atomic E-state index is 11.1. The molecule has 0 radical (unpaired) electrons. The van der Waals surface area contributed by atoms with Gasteiger partial charge in [0.2, 0.25) is 0 Å². The van der Waals surface area contributed by atoms with Gasteiger partial charge in [-0.2, -0.15) is 0 Å². The number of ether oxygens (including phenoxy) is 2. The predicted octanol–water partition coefficient (Wildman–Crippen LogP) is 6.44. The number of rotatable bonds is 13. The first-order valence-corrected chi connectivity index (χ1v) is 10.6. The largest absolute Gasteiger partial charge is 0.478 e. The van der Waals surface area contributed by atoms with Crippen molar-refractivity contribution in [3.8, 4) is 0 Å². The van der Waals surface area contributed by atoms with Crippen molar-refractivity contribution in [1.82, 2.24) is 0 Å². The van der Waals surface area contributed by atoms with Crippen LogP contribution in [0.15, 0.2) is 48.6 Å². The van der Waals surface area contributed by atoms with Gasteiger partial charge >= 0.3 is 5.97 Å². The van der Waals surface area contributed by atoms with Crippen molar-refractivity contribution < 1.29 is 19.4 Å². The normalized spacial score (nSPS) is 19.8. The lowest BCUT2D eigenvalue weighted by atomic mass is 10.1. The van der Waals surface area contributed by atoms with E-state index in [1.807, 2.05) is 24.3 Å². The maximum atomic E-state index is 11.1. The van der Waals surface area contributed by atoms with Crippen LogP contribution in [0.4, 0.5) is 0 Å². The van der Waals surface area contributed by atoms with E-state index in [1.165, 1.54) is 51.4 Å². The average Bonchev–Trinajstić information content (AvgIpc) is 3.18. The van der Waals surface area contributed by atoms with Crippen LogP contribution >= 0.6 is 0 Å². The summed E-state index contributed by atoms with van der Waals surface area (Å²) in [6, 6.07) is 6.83. The molecule has 4 nitrogen and oxygen atoms in total. The highest BCUT2D eigenvalue weighted by molar-refractivity contribution is 5.87. The first-order chi connectivity index (χ1) is 13.7. The Kier molecular flexibility index (Phi) is 10.6. The van der Waals surface area contributed by atoms with Gasteiger partial charge in [-0.3, -0.25) is 0 Å². The summed E-state index contributed by atoms with van der Waals surface area (Å²) in [7, 11) is 0. The number of hydrogen-bond acceptors (Lipinski definition) is 3. The van der Waals surface area contributed by atoms with E-state index in [0.717, 1.165) is 12.0 Å². The number of carboxylic acid groups (broad SMARTS) is 1. The minimum atomic E-state index is -0.932. The smallest absolute Gasteiger partial charge is 0.335 e. The van der Waals surface area contributed by atoms with Crippen LogP contribution in [0.3, 0.4) is 0 Å². The van der Waals surface area contributed by atoms with E-state index in [-0.39, 0.29) is 18.0 Å². The van der Waals surface area contributed by atoms with Crippen LogP contribution in [0, 0.1) is 0 Å². The highest BCUT2D eigenvalue weighted by Gasteiger charge is 2.25. The third-order valence-electron chi connectivity index (χ3n) is 4.96. The zero-order chi connectivity index (χ0) is 20.0. The molecule has 0 aliphatic carbocycles. The molecular formula is C24H34O4. The molecule has 1 aliphatic rings. The van der Waals surface area contributed by atoms with E-state index >= 15 is 0 Å². The lowest BCUT2D eigenvalue weighted by Crippen LogP contribution is -2.05. The Labute approximate surface area is 169 Å². The molecule has 1 aromatic carbocycles. The lowest BCUT2D eigenvalue weighted by Gasteiger charge is -2.09. The first-order valence-electron chi connectivity index (χ1n) is 10.6. The first kappa shape index (κ1) is 22.4. The fourth-order valence-electron chi connectivity index (χ4n) is 3.30. The van der Waals surface area contributed by atoms with Gasteiger partial charge in [0.05, 0.1) is 12.2 Å². The lowest BCUT2D eigenvalue weighted by molar-refractivity contribution is -0.0200. The van der Waals surface area contributed by atoms with Crippen LogP contribution in [0.1, 0.15) is 86.7 Å². The number of unbranched alkanes of at least 4 members (excludes halogenated alkanes) is 8. The van der Waals surface area contributed by atoms with Crippen LogP contribution in [-0.4, -0.2) is 24.0 Å². The van der Waals surface area contributed by atoms with Crippen molar-refractivity contribution in [2.24, 2.45) is 0 Å². The number of allylic oxidation sites excluding steroid dienone is 3. The summed E-state index contributed by atoms with van der Waals surface area (Å²) in [5.41, 5.74) is 1.10. The Morgan fingerprint density at radius 3 is 2.61 bits per heavy atom. The molecule has 1 aromatic rings. The standard InChI is InChI=1S/C24H34O4/c1-2-3-4-5-6-7-8-9-10-11-12-13-17-23-27-19-22(28-23)20-15-14-16-21(18-20)24(25)26/h11-18,22-23H,2-10,19H2,1H3,(H,25,26)/b12-11+,17-13+. The molecule has 28 heavy (non-hydrogen) atoms. The molecule has 2 atom stereocenters. The fraction of sp³-hybridized carbons (Fsp3) is 0.542. The predicted molar refractivity (Wildman–Crippen MR) is 112 cm³/mol. The Morgan fingerprint density at radius 1 is 1.11 bits per heavy atom. The van der Waals surface area contributed by atoms with Crippen molar-refractivity contribution in [2.45, 2.75) is 77.1 Å². The Hall–Kier alpha value is -1.91. The monoisotopic (exact) mass is 386 g/mol. The average molecular weight is 387 g/mol. The van der Waals surface area contributed by atoms with E-state index < -0.39 is 5.97 Å². The summed E-state index contributed by atoms with van der Waals surface area (Å²) in [5.74, 6) is -0.932. The summed E-state index contributed by atoms with van der Waals surface area (Å²) < 4.78 is 11.5. The topological polar surface area (TPSA) is 55.8 Å². The van der Waals surface area contributed by atoms with Crippen molar-refractivity contribution >= 4 is 5.97 Å². The summed E-state index contributed by atoms with van der Waals surface area (Å²) in [4.78, 5) is 11.1. The van der Waals surface area contributed by atoms with E-state index in [9.17, 15) is 4.79 Å². The highest BCUT2D eigenvalue weighted by Crippen LogP contribution is 2.27. The molecule has 0 amide bonds. The zero-order valence-electron chi connectivity index (χ0n) is 17.0. The molecule has 154 valence electrons. The minimum absolute atomic E-state index is 0.227. The fourth-order valence-corrected chi connectivity index (χ4v) is 3.30. The van der Waals surface area contributed by atoms with Crippen LogP contribution in [0.5, 0.6) is 0 Å². The van der Waals surface area contributed by atoms with Crippen molar-refractivity contribution in [1.29, 1.82) is 0 Å². The maximum Gasteiger partial charge on any atom is 0.335 e. The van der Waals surface area contributed by atoms with E-state index in [1.54, 1.807) is 18.2 Å². The Bertz CT molecular complexity index is 635. The third-order valence-corrected chi connectivity index (χ3v) is 4.96. The van der Waals surface area contributed by atoms with Crippen LogP contribution < -0.4 is 0 Å². The van der Waals surface area contributed by atoms with Gasteiger partial charge < -0.3 is 14.6 Å². The van der Waals surface area contributed by atoms with Crippen molar-refractivity contribution in [3.05, 3.63) is 59.7 Å². The molecular weight excluding hydrogens is 352 g/mol. The zero-order valence-corrected chi connectivity index (χ0v) is 17.0. The molecule has 2 rings (SSSR count). The second kappa shape index (κ2) is 13.3. The van der Waals surface area contributed by atoms with Gasteiger partial charge in [-0.25, -0.2) is 4.79 Å². The summed E-state index contributed by atoms with van der Waals surface area (Å²) in [5, 5.41) is 9.09. The van der Waals surface area contributed by atoms with Gasteiger partial charge in [-0.15, -0.1) is 0 Å². The van der Waals surface area contributed by atoms with Gasteiger partial charge in [0.1, 0.15) is 6.10 Å². The van der Waals surface area contributed by atoms with E-state index in [4.69, 9.17) is 14.6 Å². The van der Waals surface area contributed by atoms with Crippen LogP contribution in [-0.2, 0) is 9.47 Å². The highest BCUT2D eigenvalue weighted by atomic mass is 16.7. The summed E-state index contributed by atoms with van der Waals surface area (Å²) >= 11 is 0. The number of benzene rings is 1. The van der Waals surface area contributed by atoms with Gasteiger partial charge in [0.15, 0.2) is 6.29 Å². The number of aromatic carboxylic acids is 1. The molecule has 1 aliphatic heterocycles. The van der Waals surface area contributed by atoms with Crippen LogP contribution in [0.2, 0.25) is 0 Å². The molecule has 0 aromatic heterocycles. The molecule has 1 heterocycles. The second-order valence-corrected chi connectivity index (χ2v) is 7.33. The van der Waals surface area contributed by atoms with Gasteiger partial charge in [-0.1, -0.05) is 82.2 Å². The SMILES string of the molecule is CCCCCCCCCC/C=C/C=C/C1OCC(c2cccc(C(=O)O)c2)O1. The van der Waals surface area contributed by atoms with Gasteiger partial charge in [-0.05, 0) is 36.6 Å². The van der Waals surface area contributed by atoms with E-state index in [2.05, 4.69) is 13.0 Å². The van der Waals surface area contributed by atoms with Crippen molar-refractivity contribution in [2.75, 3.05) is 6.61 Å². The molecule has 2 unspecified atom stereocenters. The molecule has 1 N–H and O–H groups in total. The number of hydrogen-bond donors (Lipinski definition) is 1. The van der Waals surface area contributed by atoms with Gasteiger partial charge in [0.25, 0.3) is 0 Å². The Balaban J connectivity index is 1.59. The molecule has 0 bridgehead atoms. The number of carbonyl (C=O) groups is 1. The molecule has 0 spiro atoms. The summed E-state index contributed by atoms with van der Waals surface area (Å²) in [6.45, 7) is 2.68.